The van der Waals surface area contributed by atoms with Gasteiger partial charge in [-0.1, -0.05) is 48.0 Å². The molecule has 19 heavy (non-hydrogen) atoms. The molecule has 0 aliphatic heterocycles. The number of unbranched alkanes of at least 4 members (excludes halogenated alkanes) is 1. The van der Waals surface area contributed by atoms with Crippen molar-refractivity contribution in [2.45, 2.75) is 46.5 Å². The van der Waals surface area contributed by atoms with Gasteiger partial charge >= 0.3 is 0 Å². The second kappa shape index (κ2) is 6.56. The summed E-state index contributed by atoms with van der Waals surface area (Å²) < 4.78 is 0. The van der Waals surface area contributed by atoms with Crippen LogP contribution in [0.4, 0.5) is 0 Å². The minimum atomic E-state index is 1.20. The first-order valence-electron chi connectivity index (χ1n) is 7.27. The summed E-state index contributed by atoms with van der Waals surface area (Å²) in [5.74, 6) is 0. The maximum Gasteiger partial charge on any atom is -0.0276 e. The van der Waals surface area contributed by atoms with Crippen LogP contribution in [0.25, 0.3) is 0 Å². The van der Waals surface area contributed by atoms with Crippen LogP contribution in [-0.4, -0.2) is 0 Å². The maximum atomic E-state index is 2.35. The fourth-order valence-electron chi connectivity index (χ4n) is 2.68. The van der Waals surface area contributed by atoms with Crippen molar-refractivity contribution in [3.63, 3.8) is 0 Å². The minimum absolute atomic E-state index is 1.20. The summed E-state index contributed by atoms with van der Waals surface area (Å²) in [6, 6.07) is 15.4. The minimum Gasteiger partial charge on any atom is -0.0622 e. The average Bonchev–Trinajstić information content (AvgIpc) is 2.41. The lowest BCUT2D eigenvalue weighted by molar-refractivity contribution is 0.731. The molecule has 2 rings (SSSR count). The first-order chi connectivity index (χ1) is 9.16. The lowest BCUT2D eigenvalue weighted by Crippen LogP contribution is -1.95. The summed E-state index contributed by atoms with van der Waals surface area (Å²) in [6.07, 6.45) is 4.96. The van der Waals surface area contributed by atoms with E-state index in [1.807, 2.05) is 0 Å². The first-order valence-corrected chi connectivity index (χ1v) is 7.27. The third kappa shape index (κ3) is 3.96. The average molecular weight is 252 g/mol. The van der Waals surface area contributed by atoms with Crippen molar-refractivity contribution < 1.29 is 0 Å². The second-order valence-electron chi connectivity index (χ2n) is 5.56. The summed E-state index contributed by atoms with van der Waals surface area (Å²) in [6.45, 7) is 6.66. The van der Waals surface area contributed by atoms with Crippen molar-refractivity contribution in [3.8, 4) is 0 Å². The molecule has 0 aliphatic rings. The molecule has 0 unspecified atom stereocenters. The van der Waals surface area contributed by atoms with Crippen LogP contribution in [0.3, 0.4) is 0 Å². The van der Waals surface area contributed by atoms with Crippen LogP contribution in [-0.2, 0) is 12.8 Å². The van der Waals surface area contributed by atoms with Gasteiger partial charge in [-0.05, 0) is 68.7 Å². The molecule has 2 aromatic carbocycles. The summed E-state index contributed by atoms with van der Waals surface area (Å²) in [5, 5.41) is 0. The molecule has 2 aromatic rings. The number of hydrogen-bond acceptors (Lipinski definition) is 0. The van der Waals surface area contributed by atoms with Crippen LogP contribution in [0.15, 0.2) is 42.5 Å². The molecule has 0 spiro atoms. The van der Waals surface area contributed by atoms with Crippen LogP contribution in [0, 0.1) is 20.8 Å². The normalized spacial score (nSPS) is 10.7. The predicted octanol–water partition coefficient (Wildman–Crippen LogP) is 5.18. The Morgan fingerprint density at radius 2 is 1.47 bits per heavy atom. The van der Waals surface area contributed by atoms with Crippen molar-refractivity contribution in [1.29, 1.82) is 0 Å². The van der Waals surface area contributed by atoms with Crippen LogP contribution in [0.1, 0.15) is 40.7 Å². The van der Waals surface area contributed by atoms with Gasteiger partial charge in [-0.15, -0.1) is 0 Å². The van der Waals surface area contributed by atoms with Crippen molar-refractivity contribution in [3.05, 3.63) is 70.3 Å². The highest BCUT2D eigenvalue weighted by atomic mass is 14.1. The molecule has 0 aromatic heterocycles. The van der Waals surface area contributed by atoms with Gasteiger partial charge < -0.3 is 0 Å². The van der Waals surface area contributed by atoms with Gasteiger partial charge in [-0.25, -0.2) is 0 Å². The first kappa shape index (κ1) is 13.9. The summed E-state index contributed by atoms with van der Waals surface area (Å²) in [5.41, 5.74) is 7.29. The highest BCUT2D eigenvalue weighted by Gasteiger charge is 2.02. The van der Waals surface area contributed by atoms with E-state index in [0.717, 1.165) is 0 Å². The van der Waals surface area contributed by atoms with Crippen LogP contribution < -0.4 is 0 Å². The Hall–Kier alpha value is -1.56. The van der Waals surface area contributed by atoms with Crippen molar-refractivity contribution in [2.24, 2.45) is 0 Å². The summed E-state index contributed by atoms with van der Waals surface area (Å²) >= 11 is 0. The molecular weight excluding hydrogens is 228 g/mol. The lowest BCUT2D eigenvalue weighted by Gasteiger charge is -2.10. The molecule has 0 bridgehead atoms. The largest absolute Gasteiger partial charge is 0.0622 e. The molecule has 0 atom stereocenters. The number of rotatable bonds is 5. The zero-order valence-corrected chi connectivity index (χ0v) is 12.4. The van der Waals surface area contributed by atoms with Crippen LogP contribution in [0.5, 0.6) is 0 Å². The topological polar surface area (TPSA) is 0 Å². The van der Waals surface area contributed by atoms with Gasteiger partial charge in [0, 0.05) is 0 Å². The second-order valence-corrected chi connectivity index (χ2v) is 5.56. The highest BCUT2D eigenvalue weighted by Crippen LogP contribution is 2.18. The van der Waals surface area contributed by atoms with E-state index < -0.39 is 0 Å². The smallest absolute Gasteiger partial charge is 0.0276 e. The van der Waals surface area contributed by atoms with E-state index in [1.54, 1.807) is 0 Å². The van der Waals surface area contributed by atoms with Gasteiger partial charge in [0.1, 0.15) is 0 Å². The van der Waals surface area contributed by atoms with Gasteiger partial charge in [-0.2, -0.15) is 0 Å². The van der Waals surface area contributed by atoms with Gasteiger partial charge in [0.25, 0.3) is 0 Å². The Morgan fingerprint density at radius 1 is 0.789 bits per heavy atom. The van der Waals surface area contributed by atoms with E-state index in [1.165, 1.54) is 53.5 Å². The monoisotopic (exact) mass is 252 g/mol. The molecule has 0 heterocycles. The third-order valence-corrected chi connectivity index (χ3v) is 3.92. The van der Waals surface area contributed by atoms with Gasteiger partial charge in [0.15, 0.2) is 0 Å². The van der Waals surface area contributed by atoms with Gasteiger partial charge in [0.05, 0.1) is 0 Å². The molecule has 0 fully saturated rings. The van der Waals surface area contributed by atoms with Crippen molar-refractivity contribution >= 4 is 0 Å². The van der Waals surface area contributed by atoms with E-state index in [4.69, 9.17) is 0 Å². The van der Waals surface area contributed by atoms with Crippen molar-refractivity contribution in [2.75, 3.05) is 0 Å². The van der Waals surface area contributed by atoms with Crippen LogP contribution in [0.2, 0.25) is 0 Å². The zero-order chi connectivity index (χ0) is 13.7. The quantitative estimate of drug-likeness (QED) is 0.643. The Labute approximate surface area is 117 Å². The van der Waals surface area contributed by atoms with Gasteiger partial charge in [0.2, 0.25) is 0 Å². The Kier molecular flexibility index (Phi) is 4.79. The van der Waals surface area contributed by atoms with E-state index in [-0.39, 0.29) is 0 Å². The Balaban J connectivity index is 1.86. The van der Waals surface area contributed by atoms with E-state index in [0.29, 0.717) is 0 Å². The number of hydrogen-bond donors (Lipinski definition) is 0. The molecule has 0 radical (unpaired) electrons. The summed E-state index contributed by atoms with van der Waals surface area (Å²) in [4.78, 5) is 0. The Bertz CT molecular complexity index is 523. The number of benzene rings is 2. The van der Waals surface area contributed by atoms with E-state index in [2.05, 4.69) is 63.2 Å². The van der Waals surface area contributed by atoms with Gasteiger partial charge in [-0.3, -0.25) is 0 Å². The molecular formula is C19H24. The molecule has 0 amide bonds. The SMILES string of the molecule is Cc1cc(C)c(C)c(CCCCc2ccccc2)c1. The van der Waals surface area contributed by atoms with Crippen LogP contribution >= 0.6 is 0 Å². The highest BCUT2D eigenvalue weighted by molar-refractivity contribution is 5.37. The molecule has 0 saturated heterocycles. The fraction of sp³-hybridized carbons (Fsp3) is 0.368. The molecule has 0 nitrogen and oxygen atoms in total. The molecule has 0 saturated carbocycles. The maximum absolute atomic E-state index is 2.35. The molecule has 0 aliphatic carbocycles. The molecule has 100 valence electrons. The van der Waals surface area contributed by atoms with E-state index in [9.17, 15) is 0 Å². The molecule has 0 N–H and O–H groups in total. The predicted molar refractivity (Wildman–Crippen MR) is 83.7 cm³/mol. The summed E-state index contributed by atoms with van der Waals surface area (Å²) in [7, 11) is 0. The van der Waals surface area contributed by atoms with Crippen molar-refractivity contribution in [1.82, 2.24) is 0 Å². The lowest BCUT2D eigenvalue weighted by atomic mass is 9.95. The zero-order valence-electron chi connectivity index (χ0n) is 12.4. The fourth-order valence-corrected chi connectivity index (χ4v) is 2.68. The standard InChI is InChI=1S/C19H24/c1-15-13-16(2)17(3)19(14-15)12-8-7-11-18-9-5-4-6-10-18/h4-6,9-10,13-14H,7-8,11-12H2,1-3H3. The van der Waals surface area contributed by atoms with E-state index >= 15 is 0 Å². The Morgan fingerprint density at radius 3 is 2.21 bits per heavy atom. The number of aryl methyl sites for hydroxylation is 4. The third-order valence-electron chi connectivity index (χ3n) is 3.92. The molecule has 0 heteroatoms.